The summed E-state index contributed by atoms with van der Waals surface area (Å²) >= 11 is 0. The Balaban J connectivity index is 2.48. The van der Waals surface area contributed by atoms with Crippen LogP contribution in [0, 0.1) is 5.82 Å². The van der Waals surface area contributed by atoms with Gasteiger partial charge in [-0.25, -0.2) is 4.39 Å². The lowest BCUT2D eigenvalue weighted by atomic mass is 10.1. The maximum absolute atomic E-state index is 13.5. The van der Waals surface area contributed by atoms with Gasteiger partial charge >= 0.3 is 0 Å². The molecule has 1 rings (SSSR count). The maximum Gasteiger partial charge on any atom is 0.131 e. The molecule has 0 radical (unpaired) electrons. The molecule has 3 heteroatoms. The number of ether oxygens (including phenoxy) is 1. The van der Waals surface area contributed by atoms with Gasteiger partial charge in [-0.2, -0.15) is 0 Å². The van der Waals surface area contributed by atoms with Crippen molar-refractivity contribution in [2.45, 2.75) is 58.6 Å². The summed E-state index contributed by atoms with van der Waals surface area (Å²) in [4.78, 5) is 0. The Labute approximate surface area is 109 Å². The zero-order valence-corrected chi connectivity index (χ0v) is 11.4. The summed E-state index contributed by atoms with van der Waals surface area (Å²) in [7, 11) is 0. The predicted octanol–water partition coefficient (Wildman–Crippen LogP) is 4.02. The summed E-state index contributed by atoms with van der Waals surface area (Å²) in [6.07, 6.45) is 5.99. The highest BCUT2D eigenvalue weighted by molar-refractivity contribution is 5.34. The average molecular weight is 253 g/mol. The zero-order valence-electron chi connectivity index (χ0n) is 11.4. The van der Waals surface area contributed by atoms with Crippen molar-refractivity contribution in [3.8, 4) is 5.75 Å². The number of rotatable bonds is 8. The Hall–Kier alpha value is -1.09. The van der Waals surface area contributed by atoms with Crippen LogP contribution in [-0.2, 0) is 6.54 Å². The fourth-order valence-corrected chi connectivity index (χ4v) is 1.98. The number of halogens is 1. The van der Waals surface area contributed by atoms with Crippen LogP contribution in [0.4, 0.5) is 4.39 Å². The van der Waals surface area contributed by atoms with Crippen molar-refractivity contribution in [3.05, 3.63) is 29.6 Å². The third-order valence-corrected chi connectivity index (χ3v) is 3.07. The molecule has 2 nitrogen and oxygen atoms in total. The van der Waals surface area contributed by atoms with E-state index in [0.717, 1.165) is 12.8 Å². The fourth-order valence-electron chi connectivity index (χ4n) is 1.98. The molecule has 1 unspecified atom stereocenters. The van der Waals surface area contributed by atoms with E-state index in [4.69, 9.17) is 10.5 Å². The third kappa shape index (κ3) is 4.65. The lowest BCUT2D eigenvalue weighted by Gasteiger charge is -2.17. The quantitative estimate of drug-likeness (QED) is 0.710. The van der Waals surface area contributed by atoms with Gasteiger partial charge in [0.2, 0.25) is 0 Å². The van der Waals surface area contributed by atoms with E-state index in [1.54, 1.807) is 12.1 Å². The molecule has 0 aliphatic rings. The molecule has 0 saturated heterocycles. The van der Waals surface area contributed by atoms with Crippen LogP contribution >= 0.6 is 0 Å². The van der Waals surface area contributed by atoms with E-state index in [9.17, 15) is 4.39 Å². The van der Waals surface area contributed by atoms with E-state index in [1.807, 2.05) is 6.92 Å². The predicted molar refractivity (Wildman–Crippen MR) is 73.1 cm³/mol. The van der Waals surface area contributed by atoms with E-state index >= 15 is 0 Å². The molecular formula is C15H24FNO. The smallest absolute Gasteiger partial charge is 0.131 e. The maximum atomic E-state index is 13.5. The first kappa shape index (κ1) is 15.0. The van der Waals surface area contributed by atoms with Crippen molar-refractivity contribution in [2.24, 2.45) is 5.73 Å². The van der Waals surface area contributed by atoms with Crippen molar-refractivity contribution >= 4 is 0 Å². The van der Waals surface area contributed by atoms with Crippen LogP contribution in [0.3, 0.4) is 0 Å². The Bertz CT molecular complexity index is 354. The normalized spacial score (nSPS) is 12.4. The van der Waals surface area contributed by atoms with Crippen LogP contribution < -0.4 is 10.5 Å². The van der Waals surface area contributed by atoms with E-state index in [1.165, 1.54) is 25.3 Å². The first-order chi connectivity index (χ1) is 8.69. The third-order valence-electron chi connectivity index (χ3n) is 3.07. The molecule has 0 saturated carbocycles. The second-order valence-electron chi connectivity index (χ2n) is 4.70. The first-order valence-corrected chi connectivity index (χ1v) is 6.83. The summed E-state index contributed by atoms with van der Waals surface area (Å²) in [5.74, 6) is 0.300. The molecule has 2 N–H and O–H groups in total. The van der Waals surface area contributed by atoms with Crippen LogP contribution in [0.25, 0.3) is 0 Å². The van der Waals surface area contributed by atoms with Gasteiger partial charge in [-0.15, -0.1) is 0 Å². The molecule has 18 heavy (non-hydrogen) atoms. The SMILES string of the molecule is CCCCCCC(C)Oc1cccc(F)c1CN. The lowest BCUT2D eigenvalue weighted by molar-refractivity contribution is 0.203. The van der Waals surface area contributed by atoms with E-state index in [0.29, 0.717) is 11.3 Å². The van der Waals surface area contributed by atoms with Crippen LogP contribution in [0.1, 0.15) is 51.5 Å². The Kier molecular flexibility index (Phi) is 6.73. The minimum atomic E-state index is -0.284. The lowest BCUT2D eigenvalue weighted by Crippen LogP contribution is -2.14. The zero-order chi connectivity index (χ0) is 13.4. The molecule has 102 valence electrons. The van der Waals surface area contributed by atoms with Gasteiger partial charge in [0, 0.05) is 12.1 Å². The highest BCUT2D eigenvalue weighted by atomic mass is 19.1. The number of hydrogen-bond acceptors (Lipinski definition) is 2. The summed E-state index contributed by atoms with van der Waals surface area (Å²) in [5.41, 5.74) is 6.02. The largest absolute Gasteiger partial charge is 0.490 e. The second-order valence-corrected chi connectivity index (χ2v) is 4.70. The van der Waals surface area contributed by atoms with E-state index in [2.05, 4.69) is 6.92 Å². The fraction of sp³-hybridized carbons (Fsp3) is 0.600. The number of benzene rings is 1. The molecule has 1 atom stereocenters. The molecule has 0 spiro atoms. The van der Waals surface area contributed by atoms with Gasteiger partial charge in [0.15, 0.2) is 0 Å². The van der Waals surface area contributed by atoms with Crippen LogP contribution in [0.2, 0.25) is 0 Å². The molecule has 0 fully saturated rings. The average Bonchev–Trinajstić information content (AvgIpc) is 2.35. The van der Waals surface area contributed by atoms with E-state index < -0.39 is 0 Å². The molecular weight excluding hydrogens is 229 g/mol. The van der Waals surface area contributed by atoms with Gasteiger partial charge in [-0.3, -0.25) is 0 Å². The molecule has 1 aromatic carbocycles. The Morgan fingerprint density at radius 2 is 2.06 bits per heavy atom. The molecule has 1 aromatic rings. The molecule has 0 aromatic heterocycles. The van der Waals surface area contributed by atoms with Gasteiger partial charge in [0.25, 0.3) is 0 Å². The number of hydrogen-bond donors (Lipinski definition) is 1. The van der Waals surface area contributed by atoms with Gasteiger partial charge in [-0.05, 0) is 31.9 Å². The van der Waals surface area contributed by atoms with Crippen LogP contribution in [-0.4, -0.2) is 6.10 Å². The molecule has 0 amide bonds. The van der Waals surface area contributed by atoms with Gasteiger partial charge < -0.3 is 10.5 Å². The second kappa shape index (κ2) is 8.09. The number of nitrogens with two attached hydrogens (primary N) is 1. The molecule has 0 heterocycles. The highest BCUT2D eigenvalue weighted by Crippen LogP contribution is 2.23. The van der Waals surface area contributed by atoms with Gasteiger partial charge in [-0.1, -0.05) is 32.3 Å². The molecule has 0 bridgehead atoms. The van der Waals surface area contributed by atoms with Crippen molar-refractivity contribution in [2.75, 3.05) is 0 Å². The Morgan fingerprint density at radius 1 is 1.28 bits per heavy atom. The van der Waals surface area contributed by atoms with Crippen molar-refractivity contribution in [1.29, 1.82) is 0 Å². The monoisotopic (exact) mass is 253 g/mol. The number of unbranched alkanes of at least 4 members (excludes halogenated alkanes) is 3. The van der Waals surface area contributed by atoms with Crippen molar-refractivity contribution < 1.29 is 9.13 Å². The summed E-state index contributed by atoms with van der Waals surface area (Å²) in [5, 5.41) is 0. The Morgan fingerprint density at radius 3 is 2.72 bits per heavy atom. The summed E-state index contributed by atoms with van der Waals surface area (Å²) in [6.45, 7) is 4.39. The van der Waals surface area contributed by atoms with Crippen molar-refractivity contribution in [1.82, 2.24) is 0 Å². The summed E-state index contributed by atoms with van der Waals surface area (Å²) < 4.78 is 19.3. The first-order valence-electron chi connectivity index (χ1n) is 6.83. The molecule has 0 aliphatic heterocycles. The van der Waals surface area contributed by atoms with E-state index in [-0.39, 0.29) is 18.5 Å². The molecule has 0 aliphatic carbocycles. The standard InChI is InChI=1S/C15H24FNO/c1-3-4-5-6-8-12(2)18-15-10-7-9-14(16)13(15)11-17/h7,9-10,12H,3-6,8,11,17H2,1-2H3. The van der Waals surface area contributed by atoms with Gasteiger partial charge in [0.1, 0.15) is 11.6 Å². The minimum absolute atomic E-state index is 0.106. The minimum Gasteiger partial charge on any atom is -0.490 e. The van der Waals surface area contributed by atoms with Crippen LogP contribution in [0.15, 0.2) is 18.2 Å². The van der Waals surface area contributed by atoms with Gasteiger partial charge in [0.05, 0.1) is 6.10 Å². The van der Waals surface area contributed by atoms with Crippen molar-refractivity contribution in [3.63, 3.8) is 0 Å². The highest BCUT2D eigenvalue weighted by Gasteiger charge is 2.10. The van der Waals surface area contributed by atoms with Crippen LogP contribution in [0.5, 0.6) is 5.75 Å². The topological polar surface area (TPSA) is 35.2 Å². The summed E-state index contributed by atoms with van der Waals surface area (Å²) in [6, 6.07) is 4.86.